The molecule has 3 nitrogen and oxygen atoms in total. The van der Waals surface area contributed by atoms with E-state index in [9.17, 15) is 5.11 Å². The Hall–Kier alpha value is -0.930. The van der Waals surface area contributed by atoms with Crippen LogP contribution < -0.4 is 9.64 Å². The Morgan fingerprint density at radius 3 is 2.61 bits per heavy atom. The maximum atomic E-state index is 9.39. The monoisotopic (exact) mass is 269 g/mol. The molecule has 0 amide bonds. The Kier molecular flexibility index (Phi) is 3.74. The van der Waals surface area contributed by atoms with Crippen molar-refractivity contribution in [2.45, 2.75) is 19.8 Å². The van der Waals surface area contributed by atoms with E-state index in [1.165, 1.54) is 0 Å². The number of halogens is 1. The zero-order chi connectivity index (χ0) is 13.3. The normalized spacial score (nSPS) is 16.5. The topological polar surface area (TPSA) is 32.7 Å². The van der Waals surface area contributed by atoms with Gasteiger partial charge in [-0.05, 0) is 37.5 Å². The fourth-order valence-corrected chi connectivity index (χ4v) is 2.58. The number of nitrogens with zero attached hydrogens (tertiary/aromatic N) is 1. The zero-order valence-electron chi connectivity index (χ0n) is 11.2. The van der Waals surface area contributed by atoms with Gasteiger partial charge >= 0.3 is 0 Å². The molecule has 0 radical (unpaired) electrons. The maximum Gasteiger partial charge on any atom is 0.137 e. The summed E-state index contributed by atoms with van der Waals surface area (Å²) in [7, 11) is 3.66. The van der Waals surface area contributed by atoms with Crippen molar-refractivity contribution in [3.63, 3.8) is 0 Å². The third-order valence-corrected chi connectivity index (χ3v) is 4.04. The Bertz CT molecular complexity index is 444. The number of methoxy groups -OCH3 is 1. The first-order valence-electron chi connectivity index (χ1n) is 6.17. The molecule has 1 fully saturated rings. The standard InChI is InChI=1S/C14H20ClNO2/c1-10-6-13(18-3)11(15)7-12(10)16(2)8-14(9-17)4-5-14/h6-7,17H,4-5,8-9H2,1-3H3. The summed E-state index contributed by atoms with van der Waals surface area (Å²) in [6, 6.07) is 3.88. The molecule has 2 rings (SSSR count). The second kappa shape index (κ2) is 4.98. The van der Waals surface area contributed by atoms with E-state index in [0.29, 0.717) is 10.8 Å². The van der Waals surface area contributed by atoms with Crippen LogP contribution in [0.2, 0.25) is 5.02 Å². The predicted octanol–water partition coefficient (Wildman–Crippen LogP) is 2.87. The minimum atomic E-state index is 0.105. The molecule has 1 aliphatic rings. The summed E-state index contributed by atoms with van der Waals surface area (Å²) >= 11 is 6.17. The van der Waals surface area contributed by atoms with Gasteiger partial charge in [-0.2, -0.15) is 0 Å². The highest BCUT2D eigenvalue weighted by Crippen LogP contribution is 2.46. The number of rotatable bonds is 5. The minimum absolute atomic E-state index is 0.105. The average molecular weight is 270 g/mol. The lowest BCUT2D eigenvalue weighted by Gasteiger charge is -2.26. The van der Waals surface area contributed by atoms with Crippen molar-refractivity contribution in [1.29, 1.82) is 0 Å². The molecule has 0 unspecified atom stereocenters. The average Bonchev–Trinajstić information content (AvgIpc) is 3.11. The molecule has 1 aliphatic carbocycles. The van der Waals surface area contributed by atoms with Gasteiger partial charge < -0.3 is 14.7 Å². The van der Waals surface area contributed by atoms with Crippen LogP contribution in [0.25, 0.3) is 0 Å². The van der Waals surface area contributed by atoms with E-state index in [-0.39, 0.29) is 12.0 Å². The summed E-state index contributed by atoms with van der Waals surface area (Å²) < 4.78 is 5.20. The molecular formula is C14H20ClNO2. The molecule has 1 aromatic carbocycles. The molecular weight excluding hydrogens is 250 g/mol. The van der Waals surface area contributed by atoms with Crippen LogP contribution in [0.3, 0.4) is 0 Å². The highest BCUT2D eigenvalue weighted by Gasteiger charge is 2.43. The van der Waals surface area contributed by atoms with Crippen LogP contribution in [-0.4, -0.2) is 32.4 Å². The first-order valence-corrected chi connectivity index (χ1v) is 6.55. The van der Waals surface area contributed by atoms with Crippen LogP contribution in [-0.2, 0) is 0 Å². The lowest BCUT2D eigenvalue weighted by Crippen LogP contribution is -2.29. The predicted molar refractivity (Wildman–Crippen MR) is 74.8 cm³/mol. The quantitative estimate of drug-likeness (QED) is 0.892. The number of benzene rings is 1. The Morgan fingerprint density at radius 2 is 2.11 bits per heavy atom. The van der Waals surface area contributed by atoms with Crippen LogP contribution in [0.5, 0.6) is 5.75 Å². The summed E-state index contributed by atoms with van der Waals surface area (Å²) in [5.41, 5.74) is 2.33. The fraction of sp³-hybridized carbons (Fsp3) is 0.571. The summed E-state index contributed by atoms with van der Waals surface area (Å²) in [6.45, 7) is 3.18. The summed E-state index contributed by atoms with van der Waals surface area (Å²) in [4.78, 5) is 2.17. The van der Waals surface area contributed by atoms with Gasteiger partial charge in [0.2, 0.25) is 0 Å². The molecule has 0 atom stereocenters. The van der Waals surface area contributed by atoms with Crippen molar-refractivity contribution in [2.24, 2.45) is 5.41 Å². The van der Waals surface area contributed by atoms with Gasteiger partial charge in [0.1, 0.15) is 5.75 Å². The highest BCUT2D eigenvalue weighted by molar-refractivity contribution is 6.32. The molecule has 0 heterocycles. The number of aliphatic hydroxyl groups is 1. The first-order chi connectivity index (χ1) is 8.51. The molecule has 0 aliphatic heterocycles. The zero-order valence-corrected chi connectivity index (χ0v) is 11.9. The molecule has 100 valence electrons. The van der Waals surface area contributed by atoms with Crippen LogP contribution in [0.1, 0.15) is 18.4 Å². The Morgan fingerprint density at radius 1 is 1.44 bits per heavy atom. The van der Waals surface area contributed by atoms with Crippen molar-refractivity contribution in [2.75, 3.05) is 32.2 Å². The SMILES string of the molecule is COc1cc(C)c(N(C)CC2(CO)CC2)cc1Cl. The van der Waals surface area contributed by atoms with Crippen LogP contribution in [0.4, 0.5) is 5.69 Å². The number of anilines is 1. The van der Waals surface area contributed by atoms with Gasteiger partial charge in [0.05, 0.1) is 18.7 Å². The van der Waals surface area contributed by atoms with E-state index in [1.807, 2.05) is 26.1 Å². The second-order valence-corrected chi connectivity index (χ2v) is 5.69. The van der Waals surface area contributed by atoms with Crippen LogP contribution >= 0.6 is 11.6 Å². The third-order valence-electron chi connectivity index (χ3n) is 3.75. The van der Waals surface area contributed by atoms with Crippen molar-refractivity contribution in [1.82, 2.24) is 0 Å². The maximum absolute atomic E-state index is 9.39. The number of hydrogen-bond acceptors (Lipinski definition) is 3. The smallest absolute Gasteiger partial charge is 0.137 e. The van der Waals surface area contributed by atoms with Gasteiger partial charge in [-0.3, -0.25) is 0 Å². The molecule has 0 saturated heterocycles. The Labute approximate surface area is 113 Å². The van der Waals surface area contributed by atoms with E-state index in [4.69, 9.17) is 16.3 Å². The van der Waals surface area contributed by atoms with Gasteiger partial charge in [-0.25, -0.2) is 0 Å². The summed E-state index contributed by atoms with van der Waals surface area (Å²) in [6.07, 6.45) is 2.22. The molecule has 1 N–H and O–H groups in total. The van der Waals surface area contributed by atoms with Crippen molar-refractivity contribution in [3.05, 3.63) is 22.7 Å². The molecule has 1 aromatic rings. The second-order valence-electron chi connectivity index (χ2n) is 5.29. The van der Waals surface area contributed by atoms with Gasteiger partial charge in [-0.15, -0.1) is 0 Å². The van der Waals surface area contributed by atoms with Crippen molar-refractivity contribution >= 4 is 17.3 Å². The van der Waals surface area contributed by atoms with E-state index in [1.54, 1.807) is 7.11 Å². The van der Waals surface area contributed by atoms with Gasteiger partial charge in [0, 0.05) is 24.7 Å². The van der Waals surface area contributed by atoms with Crippen molar-refractivity contribution in [3.8, 4) is 5.75 Å². The largest absolute Gasteiger partial charge is 0.495 e. The number of ether oxygens (including phenoxy) is 1. The van der Waals surface area contributed by atoms with Gasteiger partial charge in [0.15, 0.2) is 0 Å². The molecule has 0 aromatic heterocycles. The van der Waals surface area contributed by atoms with E-state index in [0.717, 1.165) is 30.6 Å². The number of aryl methyl sites for hydroxylation is 1. The summed E-state index contributed by atoms with van der Waals surface area (Å²) in [5.74, 6) is 0.703. The number of aliphatic hydroxyl groups excluding tert-OH is 1. The lowest BCUT2D eigenvalue weighted by molar-refractivity contribution is 0.215. The third kappa shape index (κ3) is 2.57. The van der Waals surface area contributed by atoms with E-state index < -0.39 is 0 Å². The highest BCUT2D eigenvalue weighted by atomic mass is 35.5. The molecule has 18 heavy (non-hydrogen) atoms. The van der Waals surface area contributed by atoms with Crippen molar-refractivity contribution < 1.29 is 9.84 Å². The van der Waals surface area contributed by atoms with Crippen LogP contribution in [0.15, 0.2) is 12.1 Å². The summed E-state index contributed by atoms with van der Waals surface area (Å²) in [5, 5.41) is 10.0. The Balaban J connectivity index is 2.20. The number of hydrogen-bond donors (Lipinski definition) is 1. The molecule has 1 saturated carbocycles. The molecule has 0 bridgehead atoms. The fourth-order valence-electron chi connectivity index (χ4n) is 2.34. The molecule has 4 heteroatoms. The first kappa shape index (κ1) is 13.5. The lowest BCUT2D eigenvalue weighted by atomic mass is 10.1. The van der Waals surface area contributed by atoms with Crippen LogP contribution in [0, 0.1) is 12.3 Å². The minimum Gasteiger partial charge on any atom is -0.495 e. The molecule has 0 spiro atoms. The van der Waals surface area contributed by atoms with Gasteiger partial charge in [-0.1, -0.05) is 11.6 Å². The van der Waals surface area contributed by atoms with E-state index >= 15 is 0 Å². The van der Waals surface area contributed by atoms with Gasteiger partial charge in [0.25, 0.3) is 0 Å². The van der Waals surface area contributed by atoms with E-state index in [2.05, 4.69) is 4.90 Å².